The van der Waals surface area contributed by atoms with E-state index in [1.54, 1.807) is 12.1 Å². The fourth-order valence-corrected chi connectivity index (χ4v) is 4.30. The first-order valence-corrected chi connectivity index (χ1v) is 11.1. The Balaban J connectivity index is 1.54. The SMILES string of the molecule is Cc1cc(NC(=O)N2CCCc3ccccc32)cc(C)c1Oc1ccc(O)c(C(C)C)c1. The summed E-state index contributed by atoms with van der Waals surface area (Å²) >= 11 is 0. The Hall–Kier alpha value is -3.47. The molecular weight excluding hydrogens is 400 g/mol. The Bertz CT molecular complexity index is 1130. The van der Waals surface area contributed by atoms with Crippen molar-refractivity contribution in [1.82, 2.24) is 0 Å². The molecule has 0 saturated heterocycles. The molecule has 1 aliphatic rings. The smallest absolute Gasteiger partial charge is 0.326 e. The molecule has 1 aliphatic heterocycles. The normalized spacial score (nSPS) is 13.1. The number of urea groups is 1. The van der Waals surface area contributed by atoms with Crippen molar-refractivity contribution in [3.8, 4) is 17.2 Å². The number of ether oxygens (including phenoxy) is 1. The molecule has 32 heavy (non-hydrogen) atoms. The molecule has 0 aromatic heterocycles. The number of aryl methyl sites for hydroxylation is 3. The van der Waals surface area contributed by atoms with Crippen LogP contribution in [0.5, 0.6) is 17.2 Å². The minimum atomic E-state index is -0.121. The summed E-state index contributed by atoms with van der Waals surface area (Å²) < 4.78 is 6.17. The van der Waals surface area contributed by atoms with Gasteiger partial charge in [0.15, 0.2) is 0 Å². The number of nitrogens with one attached hydrogen (secondary N) is 1. The van der Waals surface area contributed by atoms with E-state index in [9.17, 15) is 9.90 Å². The lowest BCUT2D eigenvalue weighted by molar-refractivity contribution is 0.256. The van der Waals surface area contributed by atoms with Gasteiger partial charge in [0.05, 0.1) is 0 Å². The van der Waals surface area contributed by atoms with Gasteiger partial charge in [-0.2, -0.15) is 0 Å². The molecule has 2 N–H and O–H groups in total. The quantitative estimate of drug-likeness (QED) is 0.473. The minimum absolute atomic E-state index is 0.121. The monoisotopic (exact) mass is 430 g/mol. The van der Waals surface area contributed by atoms with Gasteiger partial charge in [-0.05, 0) is 85.7 Å². The number of anilines is 2. The zero-order valence-electron chi connectivity index (χ0n) is 19.1. The minimum Gasteiger partial charge on any atom is -0.508 e. The van der Waals surface area contributed by atoms with Gasteiger partial charge < -0.3 is 15.2 Å². The van der Waals surface area contributed by atoms with E-state index in [0.717, 1.165) is 46.7 Å². The van der Waals surface area contributed by atoms with E-state index in [-0.39, 0.29) is 17.7 Å². The van der Waals surface area contributed by atoms with Crippen molar-refractivity contribution in [2.75, 3.05) is 16.8 Å². The third-order valence-electron chi connectivity index (χ3n) is 5.91. The highest BCUT2D eigenvalue weighted by Crippen LogP contribution is 2.35. The van der Waals surface area contributed by atoms with Crippen LogP contribution in [0.4, 0.5) is 16.2 Å². The van der Waals surface area contributed by atoms with Crippen LogP contribution in [0.25, 0.3) is 0 Å². The fraction of sp³-hybridized carbons (Fsp3) is 0.296. The maximum Gasteiger partial charge on any atom is 0.326 e. The summed E-state index contributed by atoms with van der Waals surface area (Å²) in [5.41, 5.74) is 5.65. The standard InChI is InChI=1S/C27H30N2O3/c1-17(2)23-16-22(11-12-25(23)30)32-26-18(3)14-21(15-19(26)4)28-27(31)29-13-7-9-20-8-5-6-10-24(20)29/h5-6,8,10-12,14-17,30H,7,9,13H2,1-4H3,(H,28,31). The summed E-state index contributed by atoms with van der Waals surface area (Å²) in [6, 6.07) is 17.1. The lowest BCUT2D eigenvalue weighted by atomic mass is 10.0. The molecule has 0 saturated carbocycles. The predicted octanol–water partition coefficient (Wildman–Crippen LogP) is 6.91. The van der Waals surface area contributed by atoms with Crippen LogP contribution in [-0.2, 0) is 6.42 Å². The summed E-state index contributed by atoms with van der Waals surface area (Å²) in [6.07, 6.45) is 1.96. The number of hydrogen-bond acceptors (Lipinski definition) is 3. The first kappa shape index (κ1) is 21.8. The Labute approximate surface area is 189 Å². The fourth-order valence-electron chi connectivity index (χ4n) is 4.30. The molecule has 3 aromatic rings. The molecule has 0 spiro atoms. The van der Waals surface area contributed by atoms with Crippen molar-refractivity contribution < 1.29 is 14.6 Å². The van der Waals surface area contributed by atoms with Gasteiger partial charge in [0, 0.05) is 23.5 Å². The molecule has 1 heterocycles. The average Bonchev–Trinajstić information content (AvgIpc) is 2.76. The molecule has 0 radical (unpaired) electrons. The van der Waals surface area contributed by atoms with Gasteiger partial charge in [0.2, 0.25) is 0 Å². The van der Waals surface area contributed by atoms with Gasteiger partial charge in [0.1, 0.15) is 17.2 Å². The van der Waals surface area contributed by atoms with E-state index in [2.05, 4.69) is 11.4 Å². The molecular formula is C27H30N2O3. The van der Waals surface area contributed by atoms with Crippen LogP contribution in [0.1, 0.15) is 48.4 Å². The van der Waals surface area contributed by atoms with Crippen molar-refractivity contribution >= 4 is 17.4 Å². The highest BCUT2D eigenvalue weighted by atomic mass is 16.5. The second-order valence-corrected chi connectivity index (χ2v) is 8.73. The average molecular weight is 431 g/mol. The topological polar surface area (TPSA) is 61.8 Å². The molecule has 0 bridgehead atoms. The van der Waals surface area contributed by atoms with Crippen LogP contribution in [0.15, 0.2) is 54.6 Å². The largest absolute Gasteiger partial charge is 0.508 e. The number of carbonyl (C=O) groups is 1. The van der Waals surface area contributed by atoms with Gasteiger partial charge in [-0.25, -0.2) is 4.79 Å². The van der Waals surface area contributed by atoms with Crippen molar-refractivity contribution in [2.45, 2.75) is 46.5 Å². The van der Waals surface area contributed by atoms with Gasteiger partial charge in [-0.1, -0.05) is 32.0 Å². The summed E-state index contributed by atoms with van der Waals surface area (Å²) in [5, 5.41) is 13.1. The summed E-state index contributed by atoms with van der Waals surface area (Å²) in [5.74, 6) is 1.91. The van der Waals surface area contributed by atoms with E-state index in [1.165, 1.54) is 5.56 Å². The predicted molar refractivity (Wildman–Crippen MR) is 129 cm³/mol. The van der Waals surface area contributed by atoms with Crippen LogP contribution in [0, 0.1) is 13.8 Å². The third-order valence-corrected chi connectivity index (χ3v) is 5.91. The summed E-state index contributed by atoms with van der Waals surface area (Å²) in [4.78, 5) is 14.8. The van der Waals surface area contributed by atoms with Gasteiger partial charge >= 0.3 is 6.03 Å². The van der Waals surface area contributed by atoms with Crippen molar-refractivity contribution in [1.29, 1.82) is 0 Å². The molecule has 166 valence electrons. The number of phenols is 1. The van der Waals surface area contributed by atoms with Gasteiger partial charge in [0.25, 0.3) is 0 Å². The molecule has 3 aromatic carbocycles. The lowest BCUT2D eigenvalue weighted by Crippen LogP contribution is -2.38. The molecule has 5 heteroatoms. The Kier molecular flexibility index (Phi) is 6.08. The first-order valence-electron chi connectivity index (χ1n) is 11.1. The van der Waals surface area contributed by atoms with Crippen molar-refractivity contribution in [3.63, 3.8) is 0 Å². The van der Waals surface area contributed by atoms with E-state index in [1.807, 2.05) is 69.0 Å². The number of rotatable bonds is 4. The maximum atomic E-state index is 13.0. The Morgan fingerprint density at radius 2 is 1.78 bits per heavy atom. The van der Waals surface area contributed by atoms with E-state index >= 15 is 0 Å². The van der Waals surface area contributed by atoms with Gasteiger partial charge in [-0.15, -0.1) is 0 Å². The number of phenolic OH excluding ortho intramolecular Hbond substituents is 1. The van der Waals surface area contributed by atoms with Crippen LogP contribution < -0.4 is 15.0 Å². The van der Waals surface area contributed by atoms with Gasteiger partial charge in [-0.3, -0.25) is 4.90 Å². The zero-order chi connectivity index (χ0) is 22.8. The number of fused-ring (bicyclic) bond motifs is 1. The number of para-hydroxylation sites is 1. The maximum absolute atomic E-state index is 13.0. The van der Waals surface area contributed by atoms with E-state index < -0.39 is 0 Å². The second-order valence-electron chi connectivity index (χ2n) is 8.73. The van der Waals surface area contributed by atoms with Crippen molar-refractivity contribution in [2.24, 2.45) is 0 Å². The molecule has 0 fully saturated rings. The summed E-state index contributed by atoms with van der Waals surface area (Å²) in [6.45, 7) is 8.72. The molecule has 5 nitrogen and oxygen atoms in total. The van der Waals surface area contributed by atoms with Crippen LogP contribution in [0.2, 0.25) is 0 Å². The Morgan fingerprint density at radius 1 is 1.06 bits per heavy atom. The highest BCUT2D eigenvalue weighted by molar-refractivity contribution is 6.02. The second kappa shape index (κ2) is 8.95. The third kappa shape index (κ3) is 4.42. The Morgan fingerprint density at radius 3 is 2.50 bits per heavy atom. The van der Waals surface area contributed by atoms with Crippen LogP contribution in [0.3, 0.4) is 0 Å². The molecule has 2 amide bonds. The number of carbonyl (C=O) groups excluding carboxylic acids is 1. The molecule has 0 aliphatic carbocycles. The molecule has 0 unspecified atom stereocenters. The summed E-state index contributed by atoms with van der Waals surface area (Å²) in [7, 11) is 0. The zero-order valence-corrected chi connectivity index (χ0v) is 19.1. The molecule has 0 atom stereocenters. The van der Waals surface area contributed by atoms with Crippen molar-refractivity contribution in [3.05, 3.63) is 76.9 Å². The highest BCUT2D eigenvalue weighted by Gasteiger charge is 2.22. The molecule has 4 rings (SSSR count). The van der Waals surface area contributed by atoms with Crippen LogP contribution in [-0.4, -0.2) is 17.7 Å². The first-order chi connectivity index (χ1) is 15.3. The van der Waals surface area contributed by atoms with E-state index in [4.69, 9.17) is 4.74 Å². The number of aromatic hydroxyl groups is 1. The number of amides is 2. The number of benzene rings is 3. The van der Waals surface area contributed by atoms with E-state index in [0.29, 0.717) is 12.3 Å². The number of nitrogens with zero attached hydrogens (tertiary/aromatic N) is 1. The number of hydrogen-bond donors (Lipinski definition) is 2. The lowest BCUT2D eigenvalue weighted by Gasteiger charge is -2.29. The van der Waals surface area contributed by atoms with Crippen LogP contribution >= 0.6 is 0 Å².